The van der Waals surface area contributed by atoms with Gasteiger partial charge in [0.25, 0.3) is 0 Å². The quantitative estimate of drug-likeness (QED) is 0.311. The van der Waals surface area contributed by atoms with Gasteiger partial charge in [0.1, 0.15) is 12.0 Å². The molecule has 0 spiro atoms. The SMILES string of the molecule is CC(=O)[O-].CC(=O)[O-].N#CC(=O)[O-].O.[Na+].[Na+].[Na+]. The van der Waals surface area contributed by atoms with E-state index < -0.39 is 17.9 Å². The largest absolute Gasteiger partial charge is 1.00 e. The molecule has 0 aliphatic rings. The fourth-order valence-corrected chi connectivity index (χ4v) is 0. The number of carboxylic acids is 3. The molecule has 0 unspecified atom stereocenters. The van der Waals surface area contributed by atoms with Crippen LogP contribution in [-0.4, -0.2) is 23.4 Å². The van der Waals surface area contributed by atoms with Gasteiger partial charge in [-0.25, -0.2) is 0 Å². The Bertz CT molecular complexity index is 208. The molecule has 0 fully saturated rings. The summed E-state index contributed by atoms with van der Waals surface area (Å²) < 4.78 is 0. The fraction of sp³-hybridized carbons (Fsp3) is 0.333. The molecule has 11 heteroatoms. The van der Waals surface area contributed by atoms with E-state index in [2.05, 4.69) is 0 Å². The molecule has 0 heterocycles. The van der Waals surface area contributed by atoms with E-state index in [9.17, 15) is 0 Å². The summed E-state index contributed by atoms with van der Waals surface area (Å²) in [5.74, 6) is -3.86. The van der Waals surface area contributed by atoms with E-state index in [-0.39, 0.29) is 94.1 Å². The molecule has 0 aliphatic heterocycles. The molecule has 8 nitrogen and oxygen atoms in total. The summed E-state index contributed by atoms with van der Waals surface area (Å²) >= 11 is 0. The first kappa shape index (κ1) is 43.0. The van der Waals surface area contributed by atoms with E-state index in [1.54, 1.807) is 0 Å². The minimum atomic E-state index is -1.69. The number of hydrogen-bond acceptors (Lipinski definition) is 7. The maximum atomic E-state index is 8.90. The predicted molar refractivity (Wildman–Crippen MR) is 35.6 cm³/mol. The van der Waals surface area contributed by atoms with Gasteiger partial charge in [-0.1, -0.05) is 0 Å². The Labute approximate surface area is 165 Å². The number of hydrogen-bond donors (Lipinski definition) is 0. The van der Waals surface area contributed by atoms with Gasteiger partial charge in [0.15, 0.2) is 0 Å². The molecule has 0 aromatic carbocycles. The first-order valence-corrected chi connectivity index (χ1v) is 2.70. The van der Waals surface area contributed by atoms with Crippen molar-refractivity contribution in [2.45, 2.75) is 13.8 Å². The summed E-state index contributed by atoms with van der Waals surface area (Å²) in [4.78, 5) is 26.7. The second-order valence-corrected chi connectivity index (χ2v) is 1.38. The molecule has 0 bridgehead atoms. The van der Waals surface area contributed by atoms with Gasteiger partial charge in [0, 0.05) is 11.9 Å². The number of nitrogens with zero attached hydrogens (tertiary/aromatic N) is 1. The zero-order valence-electron chi connectivity index (χ0n) is 10.4. The zero-order chi connectivity index (χ0) is 11.4. The van der Waals surface area contributed by atoms with Crippen LogP contribution in [0.15, 0.2) is 0 Å². The monoisotopic (exact) mass is 275 g/mol. The van der Waals surface area contributed by atoms with E-state index in [1.807, 2.05) is 0 Å². The Kier molecular flexibility index (Phi) is 91.1. The van der Waals surface area contributed by atoms with Crippen LogP contribution in [0.25, 0.3) is 0 Å². The molecular weight excluding hydrogens is 267 g/mol. The van der Waals surface area contributed by atoms with Crippen molar-refractivity contribution in [2.75, 3.05) is 0 Å². The Balaban J connectivity index is -0.0000000159. The summed E-state index contributed by atoms with van der Waals surface area (Å²) in [7, 11) is 0. The normalized spacial score (nSPS) is 4.53. The number of carbonyl (C=O) groups excluding carboxylic acids is 3. The van der Waals surface area contributed by atoms with E-state index in [1.165, 1.54) is 0 Å². The predicted octanol–water partition coefficient (Wildman–Crippen LogP) is -14.0. The first-order chi connectivity index (χ1) is 5.73. The molecule has 0 atom stereocenters. The van der Waals surface area contributed by atoms with E-state index in [0.29, 0.717) is 0 Å². The van der Waals surface area contributed by atoms with E-state index >= 15 is 0 Å². The standard InChI is InChI=1S/C2HNO2.2C2H4O2.3Na.H2O/c3-1-2(4)5;2*1-2(3)4;;;;/h(H,4,5);2*1H3,(H,3,4);;;;1H2/q;;;3*+1;/p-3. The number of aliphatic carboxylic acids is 3. The average Bonchev–Trinajstić information content (AvgIpc) is 1.84. The summed E-state index contributed by atoms with van der Waals surface area (Å²) in [6.07, 6.45) is 0. The van der Waals surface area contributed by atoms with Crippen LogP contribution >= 0.6 is 0 Å². The minimum Gasteiger partial charge on any atom is -0.550 e. The van der Waals surface area contributed by atoms with Crippen LogP contribution in [0.2, 0.25) is 0 Å². The van der Waals surface area contributed by atoms with Crippen molar-refractivity contribution >= 4 is 17.9 Å². The second kappa shape index (κ2) is 36.0. The Hall–Kier alpha value is 0.860. The van der Waals surface area contributed by atoms with Crippen molar-refractivity contribution in [3.8, 4) is 6.07 Å². The van der Waals surface area contributed by atoms with Gasteiger partial charge in [-0.05, 0) is 13.8 Å². The van der Waals surface area contributed by atoms with Gasteiger partial charge in [0.05, 0.1) is 0 Å². The van der Waals surface area contributed by atoms with Gasteiger partial charge in [-0.3, -0.25) is 0 Å². The molecule has 0 saturated heterocycles. The summed E-state index contributed by atoms with van der Waals surface area (Å²) in [5.41, 5.74) is 0. The van der Waals surface area contributed by atoms with Crippen LogP contribution in [-0.2, 0) is 14.4 Å². The summed E-state index contributed by atoms with van der Waals surface area (Å²) in [6.45, 7) is 1.94. The van der Waals surface area contributed by atoms with Crippen LogP contribution in [0.1, 0.15) is 13.8 Å². The topological polar surface area (TPSA) is 176 Å². The third-order valence-corrected chi connectivity index (χ3v) is 0.0913. The Morgan fingerprint density at radius 2 is 0.941 bits per heavy atom. The third-order valence-electron chi connectivity index (χ3n) is 0.0913. The summed E-state index contributed by atoms with van der Waals surface area (Å²) in [5, 5.41) is 33.9. The molecule has 2 N–H and O–H groups in total. The van der Waals surface area contributed by atoms with Crippen LogP contribution in [0.4, 0.5) is 0 Å². The van der Waals surface area contributed by atoms with Gasteiger partial charge in [-0.15, -0.1) is 0 Å². The fourth-order valence-electron chi connectivity index (χ4n) is 0. The molecule has 82 valence electrons. The van der Waals surface area contributed by atoms with Crippen molar-refractivity contribution < 1.29 is 124 Å². The number of carboxylic acid groups (broad SMARTS) is 3. The van der Waals surface area contributed by atoms with Crippen LogP contribution in [0, 0.1) is 11.3 Å². The van der Waals surface area contributed by atoms with Crippen LogP contribution in [0.5, 0.6) is 0 Å². The third kappa shape index (κ3) is 455. The molecule has 0 aromatic heterocycles. The Morgan fingerprint density at radius 3 is 0.941 bits per heavy atom. The number of nitriles is 1. The summed E-state index contributed by atoms with van der Waals surface area (Å²) in [6, 6.07) is 0.833. The van der Waals surface area contributed by atoms with Crippen LogP contribution in [0.3, 0.4) is 0 Å². The second-order valence-electron chi connectivity index (χ2n) is 1.38. The zero-order valence-corrected chi connectivity index (χ0v) is 16.4. The van der Waals surface area contributed by atoms with Gasteiger partial charge < -0.3 is 35.2 Å². The van der Waals surface area contributed by atoms with Gasteiger partial charge in [-0.2, -0.15) is 5.26 Å². The molecule has 17 heavy (non-hydrogen) atoms. The van der Waals surface area contributed by atoms with E-state index in [4.69, 9.17) is 35.0 Å². The molecule has 0 radical (unpaired) electrons. The van der Waals surface area contributed by atoms with Crippen LogP contribution < -0.4 is 104 Å². The first-order valence-electron chi connectivity index (χ1n) is 2.70. The van der Waals surface area contributed by atoms with Crippen molar-refractivity contribution in [3.63, 3.8) is 0 Å². The van der Waals surface area contributed by atoms with Gasteiger partial charge >= 0.3 is 88.7 Å². The number of rotatable bonds is 0. The average molecular weight is 275 g/mol. The number of carbonyl (C=O) groups is 3. The molecule has 0 aromatic rings. The maximum absolute atomic E-state index is 8.90. The van der Waals surface area contributed by atoms with Crippen molar-refractivity contribution in [1.29, 1.82) is 5.26 Å². The van der Waals surface area contributed by atoms with Crippen molar-refractivity contribution in [2.24, 2.45) is 0 Å². The van der Waals surface area contributed by atoms with E-state index in [0.717, 1.165) is 19.9 Å². The van der Waals surface area contributed by atoms with Crippen molar-refractivity contribution in [3.05, 3.63) is 0 Å². The minimum absolute atomic E-state index is 0. The molecule has 0 aliphatic carbocycles. The maximum Gasteiger partial charge on any atom is 1.00 e. The molecule has 0 amide bonds. The molecular formula is C6H8NNa3O7. The molecule has 0 rings (SSSR count). The van der Waals surface area contributed by atoms with Crippen molar-refractivity contribution in [1.82, 2.24) is 0 Å². The van der Waals surface area contributed by atoms with Gasteiger partial charge in [0.2, 0.25) is 0 Å². The smallest absolute Gasteiger partial charge is 0.550 e. The Morgan fingerprint density at radius 1 is 0.882 bits per heavy atom. The molecule has 0 saturated carbocycles.